The van der Waals surface area contributed by atoms with Crippen LogP contribution in [0.4, 0.5) is 0 Å². The number of nitrogens with zero attached hydrogens (tertiary/aromatic N) is 1. The highest BCUT2D eigenvalue weighted by Crippen LogP contribution is 2.17. The first-order valence-electron chi connectivity index (χ1n) is 5.30. The van der Waals surface area contributed by atoms with E-state index in [1.165, 1.54) is 6.07 Å². The predicted molar refractivity (Wildman–Crippen MR) is 61.5 cm³/mol. The summed E-state index contributed by atoms with van der Waals surface area (Å²) < 4.78 is 0. The Morgan fingerprint density at radius 2 is 2.12 bits per heavy atom. The van der Waals surface area contributed by atoms with Gasteiger partial charge in [0.25, 0.3) is 5.91 Å². The van der Waals surface area contributed by atoms with Crippen LogP contribution in [-0.4, -0.2) is 40.7 Å². The molecule has 0 aromatic heterocycles. The molecule has 0 aliphatic carbocycles. The number of hydrogen-bond donors (Lipinski definition) is 2. The van der Waals surface area contributed by atoms with Crippen molar-refractivity contribution in [1.29, 1.82) is 0 Å². The third-order valence-corrected chi connectivity index (χ3v) is 2.48. The minimum absolute atomic E-state index is 0.0449. The van der Waals surface area contributed by atoms with Gasteiger partial charge in [0.05, 0.1) is 6.61 Å². The summed E-state index contributed by atoms with van der Waals surface area (Å²) in [4.78, 5) is 13.6. The molecule has 0 unspecified atom stereocenters. The van der Waals surface area contributed by atoms with Crippen molar-refractivity contribution in [2.45, 2.75) is 13.8 Å². The number of benzene rings is 1. The molecule has 0 heterocycles. The second kappa shape index (κ2) is 5.51. The molecular formula is C12H17NO3. The van der Waals surface area contributed by atoms with Gasteiger partial charge in [-0.05, 0) is 37.6 Å². The van der Waals surface area contributed by atoms with Crippen molar-refractivity contribution in [3.8, 4) is 5.75 Å². The topological polar surface area (TPSA) is 60.8 Å². The van der Waals surface area contributed by atoms with Crippen molar-refractivity contribution in [2.24, 2.45) is 0 Å². The molecule has 1 aromatic rings. The lowest BCUT2D eigenvalue weighted by atomic mass is 10.1. The maximum absolute atomic E-state index is 12.0. The van der Waals surface area contributed by atoms with Gasteiger partial charge in [-0.25, -0.2) is 0 Å². The molecule has 2 N–H and O–H groups in total. The molecule has 4 nitrogen and oxygen atoms in total. The van der Waals surface area contributed by atoms with Crippen molar-refractivity contribution >= 4 is 5.91 Å². The SMILES string of the molecule is CCN(CCO)C(=O)c1ccc(O)cc1C. The van der Waals surface area contributed by atoms with Gasteiger partial charge in [0, 0.05) is 18.7 Å². The summed E-state index contributed by atoms with van der Waals surface area (Å²) in [7, 11) is 0. The highest BCUT2D eigenvalue weighted by molar-refractivity contribution is 5.95. The Bertz CT molecular complexity index is 377. The molecule has 0 radical (unpaired) electrons. The second-order valence-electron chi connectivity index (χ2n) is 3.61. The molecule has 0 atom stereocenters. The lowest BCUT2D eigenvalue weighted by molar-refractivity contribution is 0.0731. The lowest BCUT2D eigenvalue weighted by Crippen LogP contribution is -2.33. The Morgan fingerprint density at radius 1 is 1.44 bits per heavy atom. The van der Waals surface area contributed by atoms with E-state index in [1.54, 1.807) is 24.0 Å². The zero-order valence-electron chi connectivity index (χ0n) is 9.60. The molecule has 4 heteroatoms. The molecule has 1 amide bonds. The number of carbonyl (C=O) groups excluding carboxylic acids is 1. The second-order valence-corrected chi connectivity index (χ2v) is 3.61. The van der Waals surface area contributed by atoms with Gasteiger partial charge in [-0.3, -0.25) is 4.79 Å². The summed E-state index contributed by atoms with van der Waals surface area (Å²) in [6.45, 7) is 4.48. The Balaban J connectivity index is 2.94. The number of carbonyl (C=O) groups is 1. The van der Waals surface area contributed by atoms with Crippen LogP contribution >= 0.6 is 0 Å². The van der Waals surface area contributed by atoms with Crippen molar-refractivity contribution in [3.63, 3.8) is 0 Å². The number of rotatable bonds is 4. The summed E-state index contributed by atoms with van der Waals surface area (Å²) in [5, 5.41) is 18.1. The van der Waals surface area contributed by atoms with Crippen LogP contribution in [0.25, 0.3) is 0 Å². The van der Waals surface area contributed by atoms with Gasteiger partial charge in [-0.1, -0.05) is 0 Å². The zero-order valence-corrected chi connectivity index (χ0v) is 9.60. The van der Waals surface area contributed by atoms with E-state index < -0.39 is 0 Å². The van der Waals surface area contributed by atoms with Crippen molar-refractivity contribution < 1.29 is 15.0 Å². The van der Waals surface area contributed by atoms with Crippen LogP contribution in [0.2, 0.25) is 0 Å². The van der Waals surface area contributed by atoms with E-state index in [0.29, 0.717) is 18.7 Å². The van der Waals surface area contributed by atoms with Crippen LogP contribution < -0.4 is 0 Å². The molecule has 0 spiro atoms. The highest BCUT2D eigenvalue weighted by atomic mass is 16.3. The van der Waals surface area contributed by atoms with E-state index in [4.69, 9.17) is 5.11 Å². The molecule has 0 saturated carbocycles. The minimum Gasteiger partial charge on any atom is -0.508 e. The Hall–Kier alpha value is -1.55. The van der Waals surface area contributed by atoms with E-state index in [2.05, 4.69) is 0 Å². The van der Waals surface area contributed by atoms with Gasteiger partial charge in [0.1, 0.15) is 5.75 Å². The van der Waals surface area contributed by atoms with E-state index in [1.807, 2.05) is 6.92 Å². The first kappa shape index (κ1) is 12.5. The summed E-state index contributed by atoms with van der Waals surface area (Å²) >= 11 is 0. The fourth-order valence-electron chi connectivity index (χ4n) is 1.58. The van der Waals surface area contributed by atoms with Crippen LogP contribution in [0.5, 0.6) is 5.75 Å². The van der Waals surface area contributed by atoms with Gasteiger partial charge in [0.15, 0.2) is 0 Å². The first-order chi connectivity index (χ1) is 7.60. The zero-order chi connectivity index (χ0) is 12.1. The van der Waals surface area contributed by atoms with Crippen LogP contribution in [0, 0.1) is 6.92 Å². The van der Waals surface area contributed by atoms with Crippen LogP contribution in [0.15, 0.2) is 18.2 Å². The summed E-state index contributed by atoms with van der Waals surface area (Å²) in [5.41, 5.74) is 1.30. The molecule has 0 aliphatic heterocycles. The normalized spacial score (nSPS) is 10.2. The number of aliphatic hydroxyl groups is 1. The van der Waals surface area contributed by atoms with E-state index in [9.17, 15) is 9.90 Å². The number of aryl methyl sites for hydroxylation is 1. The number of likely N-dealkylation sites (N-methyl/N-ethyl adjacent to an activating group) is 1. The number of hydrogen-bond acceptors (Lipinski definition) is 3. The van der Waals surface area contributed by atoms with Crippen LogP contribution in [0.1, 0.15) is 22.8 Å². The number of aliphatic hydroxyl groups excluding tert-OH is 1. The lowest BCUT2D eigenvalue weighted by Gasteiger charge is -2.20. The largest absolute Gasteiger partial charge is 0.508 e. The van der Waals surface area contributed by atoms with E-state index in [-0.39, 0.29) is 18.3 Å². The van der Waals surface area contributed by atoms with Gasteiger partial charge in [-0.15, -0.1) is 0 Å². The van der Waals surface area contributed by atoms with Gasteiger partial charge < -0.3 is 15.1 Å². The molecule has 88 valence electrons. The highest BCUT2D eigenvalue weighted by Gasteiger charge is 2.15. The summed E-state index contributed by atoms with van der Waals surface area (Å²) in [6.07, 6.45) is 0. The fraction of sp³-hybridized carbons (Fsp3) is 0.417. The smallest absolute Gasteiger partial charge is 0.254 e. The van der Waals surface area contributed by atoms with Crippen molar-refractivity contribution in [2.75, 3.05) is 19.7 Å². The standard InChI is InChI=1S/C12H17NO3/c1-3-13(6-7-14)12(16)11-5-4-10(15)8-9(11)2/h4-5,8,14-15H,3,6-7H2,1-2H3. The van der Waals surface area contributed by atoms with Gasteiger partial charge >= 0.3 is 0 Å². The number of phenols is 1. The molecule has 16 heavy (non-hydrogen) atoms. The molecule has 1 rings (SSSR count). The van der Waals surface area contributed by atoms with Crippen LogP contribution in [0.3, 0.4) is 0 Å². The predicted octanol–water partition coefficient (Wildman–Crippen LogP) is 1.16. The average Bonchev–Trinajstić information content (AvgIpc) is 2.25. The molecule has 0 saturated heterocycles. The summed E-state index contributed by atoms with van der Waals surface area (Å²) in [5.74, 6) is 0.0355. The maximum atomic E-state index is 12.0. The van der Waals surface area contributed by atoms with Gasteiger partial charge in [0.2, 0.25) is 0 Å². The molecular weight excluding hydrogens is 206 g/mol. The quantitative estimate of drug-likeness (QED) is 0.805. The molecule has 0 fully saturated rings. The number of phenolic OH excluding ortho intramolecular Hbond substituents is 1. The average molecular weight is 223 g/mol. The third-order valence-electron chi connectivity index (χ3n) is 2.48. The Kier molecular flexibility index (Phi) is 4.31. The Morgan fingerprint density at radius 3 is 2.62 bits per heavy atom. The minimum atomic E-state index is -0.117. The van der Waals surface area contributed by atoms with Crippen LogP contribution in [-0.2, 0) is 0 Å². The van der Waals surface area contributed by atoms with Crippen molar-refractivity contribution in [1.82, 2.24) is 4.90 Å². The number of aromatic hydroxyl groups is 1. The molecule has 0 aliphatic rings. The fourth-order valence-corrected chi connectivity index (χ4v) is 1.58. The monoisotopic (exact) mass is 223 g/mol. The number of amides is 1. The van der Waals surface area contributed by atoms with Gasteiger partial charge in [-0.2, -0.15) is 0 Å². The maximum Gasteiger partial charge on any atom is 0.254 e. The van der Waals surface area contributed by atoms with E-state index >= 15 is 0 Å². The Labute approximate surface area is 95.1 Å². The van der Waals surface area contributed by atoms with E-state index in [0.717, 1.165) is 5.56 Å². The molecule has 0 bridgehead atoms. The first-order valence-corrected chi connectivity index (χ1v) is 5.30. The molecule has 1 aromatic carbocycles. The summed E-state index contributed by atoms with van der Waals surface area (Å²) in [6, 6.07) is 4.65. The third kappa shape index (κ3) is 2.73. The van der Waals surface area contributed by atoms with Crippen molar-refractivity contribution in [3.05, 3.63) is 29.3 Å².